The van der Waals surface area contributed by atoms with Crippen LogP contribution >= 0.6 is 0 Å². The number of amides is 1. The van der Waals surface area contributed by atoms with Crippen LogP contribution in [0.1, 0.15) is 50.0 Å². The number of fused-ring (bicyclic) bond motifs is 2. The molecule has 0 bridgehead atoms. The number of rotatable bonds is 6. The van der Waals surface area contributed by atoms with Crippen molar-refractivity contribution < 1.29 is 9.18 Å². The van der Waals surface area contributed by atoms with Crippen LogP contribution in [0.2, 0.25) is 0 Å². The minimum Gasteiger partial charge on any atom is -0.342 e. The highest BCUT2D eigenvalue weighted by Gasteiger charge is 2.42. The zero-order valence-electron chi connectivity index (χ0n) is 21.5. The second-order valence-electron chi connectivity index (χ2n) is 10.7. The minimum atomic E-state index is -0.250. The Kier molecular flexibility index (Phi) is 6.65. The van der Waals surface area contributed by atoms with Gasteiger partial charge in [-0.05, 0) is 59.4 Å². The lowest BCUT2D eigenvalue weighted by Gasteiger charge is -2.34. The molecule has 9 heteroatoms. The van der Waals surface area contributed by atoms with Gasteiger partial charge < -0.3 is 15.6 Å². The Morgan fingerprint density at radius 3 is 2.79 bits per heavy atom. The van der Waals surface area contributed by atoms with Crippen LogP contribution in [0.4, 0.5) is 10.1 Å². The first-order chi connectivity index (χ1) is 18.4. The highest BCUT2D eigenvalue weighted by Crippen LogP contribution is 2.40. The molecule has 38 heavy (non-hydrogen) atoms. The summed E-state index contributed by atoms with van der Waals surface area (Å²) in [6, 6.07) is 13.2. The Balaban J connectivity index is 1.23. The van der Waals surface area contributed by atoms with Crippen LogP contribution in [0, 0.1) is 17.7 Å². The molecule has 2 fully saturated rings. The smallest absolute Gasteiger partial charge is 0.224 e. The monoisotopic (exact) mass is 513 g/mol. The molecule has 3 aromatic heterocycles. The van der Waals surface area contributed by atoms with E-state index in [4.69, 9.17) is 0 Å². The van der Waals surface area contributed by atoms with E-state index in [1.807, 2.05) is 32.2 Å². The van der Waals surface area contributed by atoms with Crippen LogP contribution in [0.25, 0.3) is 22.2 Å². The van der Waals surface area contributed by atoms with Crippen LogP contribution in [0.15, 0.2) is 61.1 Å². The summed E-state index contributed by atoms with van der Waals surface area (Å²) in [6.07, 6.45) is 6.74. The van der Waals surface area contributed by atoms with Gasteiger partial charge in [0.15, 0.2) is 0 Å². The van der Waals surface area contributed by atoms with Gasteiger partial charge in [-0.15, -0.1) is 0 Å². The number of hydrazine groups is 1. The number of hydrogen-bond donors (Lipinski definition) is 5. The number of hydrogen-bond acceptors (Lipinski definition) is 6. The maximum atomic E-state index is 13.5. The topological polar surface area (TPSA) is 107 Å². The lowest BCUT2D eigenvalue weighted by molar-refractivity contribution is -0.116. The van der Waals surface area contributed by atoms with Gasteiger partial charge in [-0.3, -0.25) is 15.2 Å². The molecule has 0 radical (unpaired) electrons. The Bertz CT molecular complexity index is 1450. The van der Waals surface area contributed by atoms with E-state index in [1.54, 1.807) is 24.5 Å². The van der Waals surface area contributed by atoms with Crippen molar-refractivity contribution >= 4 is 22.6 Å². The van der Waals surface area contributed by atoms with Crippen LogP contribution in [0.5, 0.6) is 0 Å². The number of piperidine rings is 1. The molecule has 2 aliphatic heterocycles. The van der Waals surface area contributed by atoms with Crippen molar-refractivity contribution in [3.8, 4) is 11.1 Å². The average Bonchev–Trinajstić information content (AvgIpc) is 3.52. The Hall–Kier alpha value is -3.66. The summed E-state index contributed by atoms with van der Waals surface area (Å²) in [5.41, 5.74) is 12.6. The van der Waals surface area contributed by atoms with Crippen LogP contribution in [-0.2, 0) is 4.79 Å². The van der Waals surface area contributed by atoms with Crippen LogP contribution < -0.4 is 21.5 Å². The molecule has 4 atom stereocenters. The summed E-state index contributed by atoms with van der Waals surface area (Å²) < 4.78 is 13.5. The highest BCUT2D eigenvalue weighted by atomic mass is 19.1. The zero-order valence-corrected chi connectivity index (χ0v) is 21.5. The van der Waals surface area contributed by atoms with E-state index in [1.165, 1.54) is 12.1 Å². The van der Waals surface area contributed by atoms with Crippen molar-refractivity contribution in [2.45, 2.75) is 44.8 Å². The van der Waals surface area contributed by atoms with Gasteiger partial charge in [0.1, 0.15) is 11.5 Å². The fourth-order valence-corrected chi connectivity index (χ4v) is 5.73. The number of H-pyrrole nitrogens is 1. The second kappa shape index (κ2) is 10.2. The molecule has 0 aliphatic carbocycles. The molecule has 196 valence electrons. The fraction of sp³-hybridized carbons (Fsp3) is 0.345. The minimum absolute atomic E-state index is 0.00676. The number of halogens is 1. The number of benzene rings is 1. The summed E-state index contributed by atoms with van der Waals surface area (Å²) in [5.74, 6) is 0.379. The highest BCUT2D eigenvalue weighted by molar-refractivity contribution is 5.93. The molecule has 4 aromatic rings. The van der Waals surface area contributed by atoms with E-state index >= 15 is 0 Å². The third-order valence-corrected chi connectivity index (χ3v) is 7.54. The van der Waals surface area contributed by atoms with Gasteiger partial charge in [0.25, 0.3) is 0 Å². The van der Waals surface area contributed by atoms with Gasteiger partial charge in [-0.1, -0.05) is 26.0 Å². The molecular formula is C29H32FN7O. The third-order valence-electron chi connectivity index (χ3n) is 7.54. The number of anilines is 1. The van der Waals surface area contributed by atoms with E-state index in [0.717, 1.165) is 52.1 Å². The van der Waals surface area contributed by atoms with Gasteiger partial charge in [-0.25, -0.2) is 14.8 Å². The molecule has 1 amide bonds. The number of nitrogens with one attached hydrogen (secondary N) is 5. The molecular weight excluding hydrogens is 481 g/mol. The quantitative estimate of drug-likeness (QED) is 0.258. The summed E-state index contributed by atoms with van der Waals surface area (Å²) in [4.78, 5) is 24.8. The number of aromatic amines is 1. The Morgan fingerprint density at radius 1 is 1.13 bits per heavy atom. The van der Waals surface area contributed by atoms with Gasteiger partial charge in [-0.2, -0.15) is 0 Å². The van der Waals surface area contributed by atoms with Crippen LogP contribution in [0.3, 0.4) is 0 Å². The molecule has 2 aliphatic rings. The van der Waals surface area contributed by atoms with Gasteiger partial charge in [0.2, 0.25) is 5.91 Å². The molecule has 0 saturated carbocycles. The number of pyridine rings is 2. The van der Waals surface area contributed by atoms with E-state index in [2.05, 4.69) is 42.5 Å². The third kappa shape index (κ3) is 4.92. The average molecular weight is 514 g/mol. The molecule has 8 nitrogen and oxygen atoms in total. The van der Waals surface area contributed by atoms with Crippen molar-refractivity contribution in [3.63, 3.8) is 0 Å². The summed E-state index contributed by atoms with van der Waals surface area (Å²) in [6.45, 7) is 4.87. The summed E-state index contributed by atoms with van der Waals surface area (Å²) >= 11 is 0. The Morgan fingerprint density at radius 2 is 1.97 bits per heavy atom. The lowest BCUT2D eigenvalue weighted by atomic mass is 9.81. The summed E-state index contributed by atoms with van der Waals surface area (Å²) in [5, 5.41) is 7.64. The first kappa shape index (κ1) is 24.7. The molecule has 6 rings (SSSR count). The van der Waals surface area contributed by atoms with E-state index in [0.29, 0.717) is 18.3 Å². The molecule has 1 aromatic carbocycles. The van der Waals surface area contributed by atoms with Crippen molar-refractivity contribution in [2.75, 3.05) is 11.9 Å². The van der Waals surface area contributed by atoms with Crippen LogP contribution in [-0.4, -0.2) is 33.4 Å². The van der Waals surface area contributed by atoms with E-state index in [9.17, 15) is 9.18 Å². The normalized spacial score (nSPS) is 23.1. The van der Waals surface area contributed by atoms with Crippen molar-refractivity contribution in [2.24, 2.45) is 11.8 Å². The predicted octanol–water partition coefficient (Wildman–Crippen LogP) is 4.62. The number of aromatic nitrogens is 3. The number of nitrogens with zero attached hydrogens (tertiary/aromatic N) is 2. The Labute approximate surface area is 220 Å². The van der Waals surface area contributed by atoms with Gasteiger partial charge in [0, 0.05) is 54.4 Å². The SMILES string of the molecule is CC(C)CC(=O)Nc1cncc(C2CC3C(CN2)NNC3c2cc3c(-c4ccc(F)cc4)ccnc3[nH]2)c1. The second-order valence-corrected chi connectivity index (χ2v) is 10.7. The maximum absolute atomic E-state index is 13.5. The fourth-order valence-electron chi connectivity index (χ4n) is 5.73. The maximum Gasteiger partial charge on any atom is 0.224 e. The first-order valence-electron chi connectivity index (χ1n) is 13.2. The number of carbonyl (C=O) groups excluding carboxylic acids is 1. The van der Waals surface area contributed by atoms with Crippen molar-refractivity contribution in [1.82, 2.24) is 31.1 Å². The molecule has 5 N–H and O–H groups in total. The molecule has 0 spiro atoms. The summed E-state index contributed by atoms with van der Waals surface area (Å²) in [7, 11) is 0. The van der Waals surface area contributed by atoms with Gasteiger partial charge >= 0.3 is 0 Å². The molecule has 2 saturated heterocycles. The van der Waals surface area contributed by atoms with Gasteiger partial charge in [0.05, 0.1) is 17.9 Å². The first-order valence-corrected chi connectivity index (χ1v) is 13.2. The molecule has 5 heterocycles. The predicted molar refractivity (Wildman–Crippen MR) is 145 cm³/mol. The lowest BCUT2D eigenvalue weighted by Crippen LogP contribution is -2.46. The zero-order chi connectivity index (χ0) is 26.2. The van der Waals surface area contributed by atoms with E-state index < -0.39 is 0 Å². The van der Waals surface area contributed by atoms with Crippen molar-refractivity contribution in [1.29, 1.82) is 0 Å². The molecule has 4 unspecified atom stereocenters. The number of carbonyl (C=O) groups is 1. The largest absolute Gasteiger partial charge is 0.342 e. The van der Waals surface area contributed by atoms with E-state index in [-0.39, 0.29) is 29.8 Å². The van der Waals surface area contributed by atoms with Crippen molar-refractivity contribution in [3.05, 3.63) is 78.1 Å². The standard InChI is InChI=1S/C29H32FN7O/c1-16(2)9-27(38)34-20-10-18(13-31-14-20)24-12-23-26(15-33-24)36-37-28(23)25-11-22-21(7-8-32-29(22)35-25)17-3-5-19(30)6-4-17/h3-8,10-11,13-14,16,23-24,26,28,33,36-37H,9,12,15H2,1-2H3,(H,32,35)(H,34,38).